The van der Waals surface area contributed by atoms with Crippen LogP contribution in [-0.2, 0) is 16.0 Å². The van der Waals surface area contributed by atoms with Crippen molar-refractivity contribution in [2.75, 3.05) is 7.11 Å². The van der Waals surface area contributed by atoms with Gasteiger partial charge in [0.05, 0.1) is 19.3 Å². The van der Waals surface area contributed by atoms with Gasteiger partial charge in [0.15, 0.2) is 0 Å². The van der Waals surface area contributed by atoms with Crippen LogP contribution in [0, 0.1) is 17.8 Å². The van der Waals surface area contributed by atoms with Crippen LogP contribution in [0.25, 0.3) is 0 Å². The van der Waals surface area contributed by atoms with E-state index in [-0.39, 0.29) is 11.9 Å². The zero-order chi connectivity index (χ0) is 12.7. The summed E-state index contributed by atoms with van der Waals surface area (Å²) in [6.45, 7) is 2.28. The van der Waals surface area contributed by atoms with Gasteiger partial charge in [-0.2, -0.15) is 0 Å². The highest BCUT2D eigenvalue weighted by Gasteiger charge is 2.46. The highest BCUT2D eigenvalue weighted by molar-refractivity contribution is 5.79. The van der Waals surface area contributed by atoms with Crippen molar-refractivity contribution < 1.29 is 13.9 Å². The number of fused-ring (bicyclic) bond motifs is 2. The van der Waals surface area contributed by atoms with Crippen molar-refractivity contribution in [1.82, 2.24) is 0 Å². The summed E-state index contributed by atoms with van der Waals surface area (Å²) in [4.78, 5) is 12.2. The molecule has 2 aliphatic rings. The van der Waals surface area contributed by atoms with E-state index < -0.39 is 0 Å². The summed E-state index contributed by atoms with van der Waals surface area (Å²) in [6, 6.07) is 1.95. The molecule has 0 unspecified atom stereocenters. The highest BCUT2D eigenvalue weighted by atomic mass is 16.5. The van der Waals surface area contributed by atoms with Gasteiger partial charge in [0.2, 0.25) is 0 Å². The molecule has 0 aromatic carbocycles. The van der Waals surface area contributed by atoms with Crippen LogP contribution in [0.5, 0.6) is 0 Å². The molecule has 3 nitrogen and oxygen atoms in total. The van der Waals surface area contributed by atoms with Crippen LogP contribution in [0.1, 0.15) is 43.4 Å². The van der Waals surface area contributed by atoms with E-state index in [1.54, 1.807) is 6.26 Å². The number of furan rings is 1. The quantitative estimate of drug-likeness (QED) is 0.717. The van der Waals surface area contributed by atoms with Gasteiger partial charge in [0, 0.05) is 12.0 Å². The maximum Gasteiger partial charge on any atom is 0.313 e. The van der Waals surface area contributed by atoms with E-state index in [1.165, 1.54) is 26.4 Å². The first-order chi connectivity index (χ1) is 8.72. The van der Waals surface area contributed by atoms with Gasteiger partial charge in [-0.1, -0.05) is 19.8 Å². The number of hydrogen-bond donors (Lipinski definition) is 0. The number of rotatable bonds is 1. The molecule has 1 fully saturated rings. The third kappa shape index (κ3) is 1.68. The molecule has 0 N–H and O–H groups in total. The average molecular weight is 248 g/mol. The van der Waals surface area contributed by atoms with Crippen molar-refractivity contribution in [3.05, 3.63) is 23.7 Å². The summed E-state index contributed by atoms with van der Waals surface area (Å²) in [5.41, 5.74) is 1.07. The molecule has 1 aromatic rings. The summed E-state index contributed by atoms with van der Waals surface area (Å²) >= 11 is 0. The Balaban J connectivity index is 2.03. The van der Waals surface area contributed by atoms with Gasteiger partial charge in [-0.25, -0.2) is 0 Å². The summed E-state index contributed by atoms with van der Waals surface area (Å²) in [6.07, 6.45) is 6.41. The molecule has 1 saturated carbocycles. The Bertz CT molecular complexity index is 448. The molecule has 0 bridgehead atoms. The first-order valence-electron chi connectivity index (χ1n) is 6.86. The Morgan fingerprint density at radius 1 is 1.44 bits per heavy atom. The second-order valence-electron chi connectivity index (χ2n) is 5.75. The smallest absolute Gasteiger partial charge is 0.313 e. The third-order valence-electron chi connectivity index (χ3n) is 4.84. The minimum atomic E-state index is -0.113. The van der Waals surface area contributed by atoms with Crippen LogP contribution in [-0.4, -0.2) is 13.1 Å². The Kier molecular flexibility index (Phi) is 2.92. The zero-order valence-corrected chi connectivity index (χ0v) is 11.0. The predicted octanol–water partition coefficient (Wildman–Crippen LogP) is 3.14. The van der Waals surface area contributed by atoms with Crippen LogP contribution in [0.2, 0.25) is 0 Å². The molecule has 4 atom stereocenters. The molecule has 0 amide bonds. The Morgan fingerprint density at radius 2 is 2.28 bits per heavy atom. The Labute approximate surface area is 108 Å². The minimum absolute atomic E-state index is 0.0962. The number of esters is 1. The minimum Gasteiger partial charge on any atom is -0.469 e. The molecule has 1 heterocycles. The normalized spacial score (nSPS) is 34.6. The van der Waals surface area contributed by atoms with Gasteiger partial charge in [-0.3, -0.25) is 4.79 Å². The molecule has 0 aliphatic heterocycles. The predicted molar refractivity (Wildman–Crippen MR) is 67.2 cm³/mol. The Morgan fingerprint density at radius 3 is 3.06 bits per heavy atom. The second-order valence-corrected chi connectivity index (χ2v) is 5.75. The van der Waals surface area contributed by atoms with E-state index in [4.69, 9.17) is 9.15 Å². The van der Waals surface area contributed by atoms with Gasteiger partial charge in [0.1, 0.15) is 5.76 Å². The summed E-state index contributed by atoms with van der Waals surface area (Å²) in [5, 5.41) is 0. The van der Waals surface area contributed by atoms with Gasteiger partial charge < -0.3 is 9.15 Å². The maximum atomic E-state index is 12.2. The van der Waals surface area contributed by atoms with Crippen molar-refractivity contribution in [3.8, 4) is 0 Å². The molecule has 1 aromatic heterocycles. The monoisotopic (exact) mass is 248 g/mol. The molecule has 0 saturated heterocycles. The molecule has 0 spiro atoms. The summed E-state index contributed by atoms with van der Waals surface area (Å²) in [7, 11) is 1.49. The molecule has 3 rings (SSSR count). The van der Waals surface area contributed by atoms with E-state index >= 15 is 0 Å². The van der Waals surface area contributed by atoms with E-state index in [0.717, 1.165) is 17.7 Å². The fraction of sp³-hybridized carbons (Fsp3) is 0.667. The lowest BCUT2D eigenvalue weighted by Gasteiger charge is -2.43. The van der Waals surface area contributed by atoms with E-state index in [2.05, 4.69) is 6.92 Å². The van der Waals surface area contributed by atoms with Crippen molar-refractivity contribution in [2.24, 2.45) is 17.8 Å². The molecular weight excluding hydrogens is 228 g/mol. The lowest BCUT2D eigenvalue weighted by Crippen LogP contribution is -2.40. The molecule has 0 radical (unpaired) electrons. The number of hydrogen-bond acceptors (Lipinski definition) is 3. The van der Waals surface area contributed by atoms with Crippen molar-refractivity contribution in [2.45, 2.75) is 38.5 Å². The van der Waals surface area contributed by atoms with Crippen molar-refractivity contribution in [3.63, 3.8) is 0 Å². The zero-order valence-electron chi connectivity index (χ0n) is 11.0. The van der Waals surface area contributed by atoms with Crippen LogP contribution < -0.4 is 0 Å². The van der Waals surface area contributed by atoms with Crippen LogP contribution in [0.3, 0.4) is 0 Å². The van der Waals surface area contributed by atoms with Gasteiger partial charge in [-0.05, 0) is 30.2 Å². The lowest BCUT2D eigenvalue weighted by atomic mass is 9.61. The SMILES string of the molecule is COC(=O)[C@@H]1c2ccoc2C[C@H]2CCC[C@H](C)[C@H]21. The molecular formula is C15H20O3. The number of carbonyl (C=O) groups excluding carboxylic acids is 1. The van der Waals surface area contributed by atoms with Gasteiger partial charge in [-0.15, -0.1) is 0 Å². The van der Waals surface area contributed by atoms with Gasteiger partial charge >= 0.3 is 5.97 Å². The summed E-state index contributed by atoms with van der Waals surface area (Å²) < 4.78 is 10.6. The van der Waals surface area contributed by atoms with Crippen LogP contribution in [0.15, 0.2) is 16.7 Å². The van der Waals surface area contributed by atoms with Crippen molar-refractivity contribution in [1.29, 1.82) is 0 Å². The van der Waals surface area contributed by atoms with E-state index in [9.17, 15) is 4.79 Å². The molecule has 3 heteroatoms. The van der Waals surface area contributed by atoms with Crippen molar-refractivity contribution >= 4 is 5.97 Å². The number of ether oxygens (including phenoxy) is 1. The van der Waals surface area contributed by atoms with Crippen LogP contribution >= 0.6 is 0 Å². The Hall–Kier alpha value is -1.25. The number of carbonyl (C=O) groups is 1. The largest absolute Gasteiger partial charge is 0.469 e. The standard InChI is InChI=1S/C15H20O3/c1-9-4-3-5-10-8-12-11(6-7-18-12)14(13(9)10)15(16)17-2/h6-7,9-10,13-14H,3-5,8H2,1-2H3/t9-,10+,13+,14+/m0/s1. The van der Waals surface area contributed by atoms with E-state index in [1.807, 2.05) is 6.07 Å². The van der Waals surface area contributed by atoms with E-state index in [0.29, 0.717) is 17.8 Å². The highest BCUT2D eigenvalue weighted by Crippen LogP contribution is 2.49. The molecule has 98 valence electrons. The van der Waals surface area contributed by atoms with Crippen LogP contribution in [0.4, 0.5) is 0 Å². The second kappa shape index (κ2) is 4.45. The topological polar surface area (TPSA) is 39.4 Å². The average Bonchev–Trinajstić information content (AvgIpc) is 2.83. The summed E-state index contributed by atoms with van der Waals surface area (Å²) in [5.74, 6) is 2.39. The maximum absolute atomic E-state index is 12.2. The first-order valence-corrected chi connectivity index (χ1v) is 6.86. The molecule has 2 aliphatic carbocycles. The lowest BCUT2D eigenvalue weighted by molar-refractivity contribution is -0.146. The third-order valence-corrected chi connectivity index (χ3v) is 4.84. The first kappa shape index (κ1) is 11.8. The number of methoxy groups -OCH3 is 1. The fourth-order valence-corrected chi connectivity index (χ4v) is 4.04. The fourth-order valence-electron chi connectivity index (χ4n) is 4.04. The molecule has 18 heavy (non-hydrogen) atoms. The van der Waals surface area contributed by atoms with Gasteiger partial charge in [0.25, 0.3) is 0 Å².